The Hall–Kier alpha value is -3.33. The molecule has 0 radical (unpaired) electrons. The molecule has 0 bridgehead atoms. The summed E-state index contributed by atoms with van der Waals surface area (Å²) in [5.41, 5.74) is 1.24. The molecule has 29 heavy (non-hydrogen) atoms. The molecule has 9 heteroatoms. The summed E-state index contributed by atoms with van der Waals surface area (Å²) >= 11 is 1.08. The topological polar surface area (TPSA) is 90.3 Å². The number of carbonyl (C=O) groups is 1. The molecule has 4 rings (SSSR count). The number of ether oxygens (including phenoxy) is 5. The van der Waals surface area contributed by atoms with E-state index in [-0.39, 0.29) is 17.9 Å². The van der Waals surface area contributed by atoms with Crippen molar-refractivity contribution in [3.63, 3.8) is 0 Å². The van der Waals surface area contributed by atoms with E-state index >= 15 is 0 Å². The van der Waals surface area contributed by atoms with E-state index in [1.54, 1.807) is 36.4 Å². The number of hydrogen-bond acceptors (Lipinski definition) is 8. The molecule has 1 fully saturated rings. The maximum absolute atomic E-state index is 13.0. The number of carbonyl (C=O) groups excluding carboxylic acids is 1. The first kappa shape index (κ1) is 19.0. The SMILES string of the molecule is COc1cc(C=C2SC(=N)N(c3ccc4c(c3)OCO4)C2=O)cc(OC)c1OC. The number of benzene rings is 2. The third-order valence-corrected chi connectivity index (χ3v) is 5.31. The molecule has 0 aromatic heterocycles. The van der Waals surface area contributed by atoms with E-state index in [0.717, 1.165) is 11.8 Å². The van der Waals surface area contributed by atoms with Gasteiger partial charge in [0.2, 0.25) is 12.5 Å². The number of anilines is 1. The Labute approximate surface area is 171 Å². The van der Waals surface area contributed by atoms with Crippen LogP contribution in [0.4, 0.5) is 5.69 Å². The van der Waals surface area contributed by atoms with E-state index in [1.807, 2.05) is 0 Å². The van der Waals surface area contributed by atoms with Crippen molar-refractivity contribution in [1.82, 2.24) is 0 Å². The molecule has 2 aliphatic heterocycles. The van der Waals surface area contributed by atoms with E-state index < -0.39 is 0 Å². The highest BCUT2D eigenvalue weighted by Gasteiger charge is 2.34. The Kier molecular flexibility index (Phi) is 4.98. The number of fused-ring (bicyclic) bond motifs is 1. The molecule has 0 spiro atoms. The van der Waals surface area contributed by atoms with Crippen molar-refractivity contribution >= 4 is 34.6 Å². The van der Waals surface area contributed by atoms with E-state index in [9.17, 15) is 4.79 Å². The zero-order chi connectivity index (χ0) is 20.5. The molecular formula is C20H18N2O6S. The van der Waals surface area contributed by atoms with Crippen LogP contribution in [0.3, 0.4) is 0 Å². The molecule has 150 valence electrons. The summed E-state index contributed by atoms with van der Waals surface area (Å²) in [7, 11) is 4.58. The lowest BCUT2D eigenvalue weighted by Gasteiger charge is -2.15. The fourth-order valence-corrected chi connectivity index (χ4v) is 3.94. The van der Waals surface area contributed by atoms with Gasteiger partial charge in [0.25, 0.3) is 5.91 Å². The van der Waals surface area contributed by atoms with Crippen molar-refractivity contribution in [3.05, 3.63) is 40.8 Å². The largest absolute Gasteiger partial charge is 0.493 e. The molecule has 2 aliphatic rings. The molecule has 2 aromatic rings. The maximum Gasteiger partial charge on any atom is 0.271 e. The Morgan fingerprint density at radius 2 is 1.72 bits per heavy atom. The molecular weight excluding hydrogens is 396 g/mol. The molecule has 0 saturated carbocycles. The Balaban J connectivity index is 1.68. The first-order chi connectivity index (χ1) is 14.0. The molecule has 2 aromatic carbocycles. The van der Waals surface area contributed by atoms with Crippen LogP contribution in [-0.4, -0.2) is 39.2 Å². The fraction of sp³-hybridized carbons (Fsp3) is 0.200. The zero-order valence-electron chi connectivity index (χ0n) is 16.0. The lowest BCUT2D eigenvalue weighted by atomic mass is 10.1. The van der Waals surface area contributed by atoms with Crippen LogP contribution in [0.2, 0.25) is 0 Å². The van der Waals surface area contributed by atoms with Crippen molar-refractivity contribution in [1.29, 1.82) is 5.41 Å². The standard InChI is InChI=1S/C20H18N2O6S/c1-24-15-6-11(7-16(25-2)18(15)26-3)8-17-19(23)22(20(21)29-17)12-4-5-13-14(9-12)28-10-27-13/h4-9,21H,10H2,1-3H3. The molecule has 0 unspecified atom stereocenters. The zero-order valence-corrected chi connectivity index (χ0v) is 16.8. The minimum Gasteiger partial charge on any atom is -0.493 e. The van der Waals surface area contributed by atoms with E-state index in [1.165, 1.54) is 26.2 Å². The van der Waals surface area contributed by atoms with Crippen LogP contribution in [0.1, 0.15) is 5.56 Å². The quantitative estimate of drug-likeness (QED) is 0.749. The van der Waals surface area contributed by atoms with Crippen molar-refractivity contribution in [2.75, 3.05) is 33.0 Å². The molecule has 1 saturated heterocycles. The van der Waals surface area contributed by atoms with Gasteiger partial charge in [0.05, 0.1) is 31.9 Å². The number of rotatable bonds is 5. The van der Waals surface area contributed by atoms with Gasteiger partial charge in [0.15, 0.2) is 28.2 Å². The molecule has 2 heterocycles. The predicted molar refractivity (Wildman–Crippen MR) is 109 cm³/mol. The van der Waals surface area contributed by atoms with Crippen molar-refractivity contribution in [2.24, 2.45) is 0 Å². The monoisotopic (exact) mass is 414 g/mol. The molecule has 8 nitrogen and oxygen atoms in total. The normalized spacial score (nSPS) is 16.5. The Bertz CT molecular complexity index is 1010. The molecule has 1 N–H and O–H groups in total. The summed E-state index contributed by atoms with van der Waals surface area (Å²) < 4.78 is 26.7. The molecule has 0 atom stereocenters. The number of amides is 1. The third kappa shape index (κ3) is 3.33. The lowest BCUT2D eigenvalue weighted by molar-refractivity contribution is -0.113. The first-order valence-electron chi connectivity index (χ1n) is 8.58. The summed E-state index contributed by atoms with van der Waals surface area (Å²) in [6, 6.07) is 8.63. The van der Waals surface area contributed by atoms with Crippen LogP contribution in [0.15, 0.2) is 35.2 Å². The second kappa shape index (κ2) is 7.59. The highest BCUT2D eigenvalue weighted by Crippen LogP contribution is 2.42. The Morgan fingerprint density at radius 1 is 1.03 bits per heavy atom. The van der Waals surface area contributed by atoms with E-state index in [0.29, 0.717) is 44.9 Å². The number of thioether (sulfide) groups is 1. The molecule has 0 aliphatic carbocycles. The van der Waals surface area contributed by atoms with Gasteiger partial charge >= 0.3 is 0 Å². The van der Waals surface area contributed by atoms with Crippen LogP contribution >= 0.6 is 11.8 Å². The summed E-state index contributed by atoms with van der Waals surface area (Å²) in [6.45, 7) is 0.144. The summed E-state index contributed by atoms with van der Waals surface area (Å²) in [5, 5.41) is 8.38. The lowest BCUT2D eigenvalue weighted by Crippen LogP contribution is -2.28. The fourth-order valence-electron chi connectivity index (χ4n) is 3.08. The van der Waals surface area contributed by atoms with Crippen molar-refractivity contribution < 1.29 is 28.5 Å². The van der Waals surface area contributed by atoms with Gasteiger partial charge in [0, 0.05) is 6.07 Å². The minimum absolute atomic E-state index is 0.104. The predicted octanol–water partition coefficient (Wildman–Crippen LogP) is 3.50. The summed E-state index contributed by atoms with van der Waals surface area (Å²) in [4.78, 5) is 14.7. The van der Waals surface area contributed by atoms with E-state index in [2.05, 4.69) is 0 Å². The average molecular weight is 414 g/mol. The smallest absolute Gasteiger partial charge is 0.271 e. The number of nitrogens with zero attached hydrogens (tertiary/aromatic N) is 1. The van der Waals surface area contributed by atoms with Gasteiger partial charge in [-0.05, 0) is 47.7 Å². The highest BCUT2D eigenvalue weighted by molar-refractivity contribution is 8.19. The van der Waals surface area contributed by atoms with Gasteiger partial charge < -0.3 is 23.7 Å². The van der Waals surface area contributed by atoms with E-state index in [4.69, 9.17) is 29.1 Å². The van der Waals surface area contributed by atoms with Crippen LogP contribution < -0.4 is 28.6 Å². The average Bonchev–Trinajstić information content (AvgIpc) is 3.30. The highest BCUT2D eigenvalue weighted by atomic mass is 32.2. The van der Waals surface area contributed by atoms with Crippen LogP contribution in [-0.2, 0) is 4.79 Å². The van der Waals surface area contributed by atoms with Crippen LogP contribution in [0.5, 0.6) is 28.7 Å². The second-order valence-electron chi connectivity index (χ2n) is 6.05. The van der Waals surface area contributed by atoms with Gasteiger partial charge in [-0.1, -0.05) is 0 Å². The first-order valence-corrected chi connectivity index (χ1v) is 9.39. The van der Waals surface area contributed by atoms with Gasteiger partial charge in [-0.3, -0.25) is 15.1 Å². The second-order valence-corrected chi connectivity index (χ2v) is 7.08. The molecule has 1 amide bonds. The van der Waals surface area contributed by atoms with Gasteiger partial charge in [-0.25, -0.2) is 0 Å². The number of hydrogen-bond donors (Lipinski definition) is 1. The number of methoxy groups -OCH3 is 3. The van der Waals surface area contributed by atoms with Crippen molar-refractivity contribution in [2.45, 2.75) is 0 Å². The number of nitrogens with one attached hydrogen (secondary N) is 1. The minimum atomic E-state index is -0.299. The third-order valence-electron chi connectivity index (χ3n) is 4.42. The van der Waals surface area contributed by atoms with Gasteiger partial charge in [0.1, 0.15) is 0 Å². The van der Waals surface area contributed by atoms with Crippen LogP contribution in [0, 0.1) is 5.41 Å². The van der Waals surface area contributed by atoms with Gasteiger partial charge in [-0.2, -0.15) is 0 Å². The summed E-state index contributed by atoms with van der Waals surface area (Å²) in [5.74, 6) is 2.31. The van der Waals surface area contributed by atoms with Crippen LogP contribution in [0.25, 0.3) is 6.08 Å². The maximum atomic E-state index is 13.0. The summed E-state index contributed by atoms with van der Waals surface area (Å²) in [6.07, 6.45) is 1.69. The number of amidine groups is 1. The van der Waals surface area contributed by atoms with Gasteiger partial charge in [-0.15, -0.1) is 0 Å². The Morgan fingerprint density at radius 3 is 2.38 bits per heavy atom. The van der Waals surface area contributed by atoms with Crippen molar-refractivity contribution in [3.8, 4) is 28.7 Å².